The van der Waals surface area contributed by atoms with E-state index in [4.69, 9.17) is 17.3 Å². The lowest BCUT2D eigenvalue weighted by molar-refractivity contribution is -0.125. The number of aromatic nitrogens is 1. The molecule has 0 radical (unpaired) electrons. The van der Waals surface area contributed by atoms with Crippen LogP contribution in [0.1, 0.15) is 31.9 Å². The number of benzene rings is 1. The van der Waals surface area contributed by atoms with Crippen molar-refractivity contribution < 1.29 is 9.59 Å². The molecule has 1 aromatic heterocycles. The minimum absolute atomic E-state index is 0.247. The van der Waals surface area contributed by atoms with Crippen LogP contribution in [-0.4, -0.2) is 29.4 Å². The molecule has 0 fully saturated rings. The molecule has 0 aliphatic carbocycles. The zero-order chi connectivity index (χ0) is 18.4. The topological polar surface area (TPSA) is 97.1 Å². The highest BCUT2D eigenvalue weighted by atomic mass is 35.5. The molecule has 0 bridgehead atoms. The lowest BCUT2D eigenvalue weighted by atomic mass is 10.1. The number of aryl methyl sites for hydroxylation is 1. The van der Waals surface area contributed by atoms with Crippen LogP contribution in [0.3, 0.4) is 0 Å². The Morgan fingerprint density at radius 3 is 2.76 bits per heavy atom. The second-order valence-electron chi connectivity index (χ2n) is 5.97. The lowest BCUT2D eigenvalue weighted by Crippen LogP contribution is -2.43. The van der Waals surface area contributed by atoms with E-state index in [2.05, 4.69) is 15.6 Å². The minimum atomic E-state index is -0.611. The van der Waals surface area contributed by atoms with E-state index in [1.54, 1.807) is 12.1 Å². The molecule has 0 unspecified atom stereocenters. The molecule has 2 rings (SSSR count). The monoisotopic (exact) mass is 362 g/mol. The first-order chi connectivity index (χ1) is 11.9. The van der Waals surface area contributed by atoms with Crippen LogP contribution in [0.25, 0.3) is 10.9 Å². The van der Waals surface area contributed by atoms with Crippen molar-refractivity contribution in [2.75, 3.05) is 11.9 Å². The number of hydrogen-bond donors (Lipinski definition) is 3. The Morgan fingerprint density at radius 1 is 1.32 bits per heavy atom. The fourth-order valence-electron chi connectivity index (χ4n) is 2.65. The summed E-state index contributed by atoms with van der Waals surface area (Å²) < 4.78 is 0. The average molecular weight is 363 g/mol. The van der Waals surface area contributed by atoms with Crippen molar-refractivity contribution in [1.29, 1.82) is 0 Å². The van der Waals surface area contributed by atoms with Gasteiger partial charge in [0, 0.05) is 18.0 Å². The van der Waals surface area contributed by atoms with E-state index >= 15 is 0 Å². The third kappa shape index (κ3) is 5.14. The van der Waals surface area contributed by atoms with Gasteiger partial charge in [0.25, 0.3) is 0 Å². The number of halogens is 1. The number of hydrogen-bond acceptors (Lipinski definition) is 4. The molecule has 1 atom stereocenters. The summed E-state index contributed by atoms with van der Waals surface area (Å²) in [6.07, 6.45) is 2.09. The highest BCUT2D eigenvalue weighted by Gasteiger charge is 2.20. The summed E-state index contributed by atoms with van der Waals surface area (Å²) in [5.74, 6) is -0.526. The number of rotatable bonds is 7. The van der Waals surface area contributed by atoms with Crippen molar-refractivity contribution in [3.8, 4) is 0 Å². The van der Waals surface area contributed by atoms with Gasteiger partial charge in [-0.1, -0.05) is 23.7 Å². The largest absolute Gasteiger partial charge is 0.345 e. The van der Waals surface area contributed by atoms with Crippen molar-refractivity contribution in [1.82, 2.24) is 10.3 Å². The fraction of sp³-hybridized carbons (Fsp3) is 0.389. The molecule has 1 aromatic carbocycles. The van der Waals surface area contributed by atoms with Gasteiger partial charge in [0.05, 0.1) is 16.2 Å². The van der Waals surface area contributed by atoms with Crippen LogP contribution in [0.2, 0.25) is 5.02 Å². The van der Waals surface area contributed by atoms with Crippen LogP contribution in [0.15, 0.2) is 24.3 Å². The van der Waals surface area contributed by atoms with E-state index in [0.717, 1.165) is 23.9 Å². The van der Waals surface area contributed by atoms with Gasteiger partial charge in [-0.05, 0) is 44.9 Å². The third-order valence-corrected chi connectivity index (χ3v) is 4.13. The zero-order valence-electron chi connectivity index (χ0n) is 14.4. The maximum atomic E-state index is 12.6. The van der Waals surface area contributed by atoms with Crippen LogP contribution in [0.4, 0.5) is 5.69 Å². The fourth-order valence-corrected chi connectivity index (χ4v) is 2.96. The molecular formula is C18H23ClN4O2. The molecule has 134 valence electrons. The number of nitrogens with one attached hydrogen (secondary N) is 2. The lowest BCUT2D eigenvalue weighted by Gasteiger charge is -2.18. The normalized spacial score (nSPS) is 12.0. The SMILES string of the molecule is CC(=O)N[C@@H](CCCCN)C(=O)Nc1cccc2c(Cl)cc(C)nc12. The number of nitrogens with two attached hydrogens (primary N) is 1. The predicted octanol–water partition coefficient (Wildman–Crippen LogP) is 2.77. The number of fused-ring (bicyclic) bond motifs is 1. The zero-order valence-corrected chi connectivity index (χ0v) is 15.2. The molecule has 4 N–H and O–H groups in total. The van der Waals surface area contributed by atoms with Crippen LogP contribution >= 0.6 is 11.6 Å². The van der Waals surface area contributed by atoms with Crippen molar-refractivity contribution in [2.24, 2.45) is 5.73 Å². The van der Waals surface area contributed by atoms with Crippen LogP contribution in [0, 0.1) is 6.92 Å². The molecule has 6 nitrogen and oxygen atoms in total. The Labute approximate surface area is 152 Å². The van der Waals surface area contributed by atoms with Gasteiger partial charge < -0.3 is 16.4 Å². The van der Waals surface area contributed by atoms with Gasteiger partial charge in [-0.2, -0.15) is 0 Å². The van der Waals surface area contributed by atoms with E-state index in [-0.39, 0.29) is 11.8 Å². The molecule has 0 saturated carbocycles. The molecular weight excluding hydrogens is 340 g/mol. The smallest absolute Gasteiger partial charge is 0.247 e. The van der Waals surface area contributed by atoms with E-state index in [9.17, 15) is 9.59 Å². The first kappa shape index (κ1) is 19.1. The first-order valence-electron chi connectivity index (χ1n) is 8.26. The average Bonchev–Trinajstić information content (AvgIpc) is 2.54. The number of anilines is 1. The van der Waals surface area contributed by atoms with Gasteiger partial charge in [-0.15, -0.1) is 0 Å². The number of unbranched alkanes of at least 4 members (excludes halogenated alkanes) is 1. The maximum Gasteiger partial charge on any atom is 0.247 e. The van der Waals surface area contributed by atoms with E-state index in [1.165, 1.54) is 6.92 Å². The van der Waals surface area contributed by atoms with Gasteiger partial charge in [0.15, 0.2) is 0 Å². The van der Waals surface area contributed by atoms with Gasteiger partial charge in [0.1, 0.15) is 6.04 Å². The predicted molar refractivity (Wildman–Crippen MR) is 101 cm³/mol. The summed E-state index contributed by atoms with van der Waals surface area (Å²) in [7, 11) is 0. The number of para-hydroxylation sites is 1. The Bertz CT molecular complexity index is 779. The molecule has 1 heterocycles. The summed E-state index contributed by atoms with van der Waals surface area (Å²) in [5.41, 5.74) is 7.46. The molecule has 7 heteroatoms. The molecule has 0 aliphatic rings. The van der Waals surface area contributed by atoms with Gasteiger partial charge >= 0.3 is 0 Å². The highest BCUT2D eigenvalue weighted by molar-refractivity contribution is 6.35. The van der Waals surface area contributed by atoms with Crippen molar-refractivity contribution in [3.63, 3.8) is 0 Å². The Morgan fingerprint density at radius 2 is 2.08 bits per heavy atom. The number of carbonyl (C=O) groups excluding carboxylic acids is 2. The summed E-state index contributed by atoms with van der Waals surface area (Å²) >= 11 is 6.27. The van der Waals surface area contributed by atoms with Gasteiger partial charge in [-0.25, -0.2) is 0 Å². The standard InChI is InChI=1S/C18H23ClN4O2/c1-11-10-14(19)13-6-5-8-15(17(13)21-11)23-18(25)16(22-12(2)24)7-3-4-9-20/h5-6,8,10,16H,3-4,7,9,20H2,1-2H3,(H,22,24)(H,23,25)/t16-/m0/s1. The number of carbonyl (C=O) groups is 2. The Kier molecular flexibility index (Phi) is 6.73. The number of nitrogens with zero attached hydrogens (tertiary/aromatic N) is 1. The molecule has 2 amide bonds. The summed E-state index contributed by atoms with van der Waals surface area (Å²) in [6, 6.07) is 6.60. The molecule has 0 aliphatic heterocycles. The molecule has 25 heavy (non-hydrogen) atoms. The first-order valence-corrected chi connectivity index (χ1v) is 8.64. The van der Waals surface area contributed by atoms with Crippen molar-refractivity contribution in [2.45, 2.75) is 39.2 Å². The highest BCUT2D eigenvalue weighted by Crippen LogP contribution is 2.28. The molecule has 2 aromatic rings. The van der Waals surface area contributed by atoms with E-state index in [1.807, 2.05) is 19.1 Å². The van der Waals surface area contributed by atoms with Crippen molar-refractivity contribution >= 4 is 40.0 Å². The van der Waals surface area contributed by atoms with Gasteiger partial charge in [-0.3, -0.25) is 14.6 Å². The van der Waals surface area contributed by atoms with Gasteiger partial charge in [0.2, 0.25) is 11.8 Å². The molecule has 0 spiro atoms. The summed E-state index contributed by atoms with van der Waals surface area (Å²) in [4.78, 5) is 28.5. The number of amides is 2. The second kappa shape index (κ2) is 8.78. The second-order valence-corrected chi connectivity index (χ2v) is 6.38. The summed E-state index contributed by atoms with van der Waals surface area (Å²) in [5, 5.41) is 6.91. The number of pyridine rings is 1. The van der Waals surface area contributed by atoms with Crippen LogP contribution in [0.5, 0.6) is 0 Å². The van der Waals surface area contributed by atoms with E-state index in [0.29, 0.717) is 29.2 Å². The Hall–Kier alpha value is -2.18. The van der Waals surface area contributed by atoms with Crippen LogP contribution in [-0.2, 0) is 9.59 Å². The minimum Gasteiger partial charge on any atom is -0.345 e. The van der Waals surface area contributed by atoms with E-state index < -0.39 is 6.04 Å². The quantitative estimate of drug-likeness (QED) is 0.660. The third-order valence-electron chi connectivity index (χ3n) is 3.82. The van der Waals surface area contributed by atoms with Crippen LogP contribution < -0.4 is 16.4 Å². The molecule has 0 saturated heterocycles. The maximum absolute atomic E-state index is 12.6. The summed E-state index contributed by atoms with van der Waals surface area (Å²) in [6.45, 7) is 3.79. The van der Waals surface area contributed by atoms with Crippen molar-refractivity contribution in [3.05, 3.63) is 35.0 Å². The Balaban J connectivity index is 2.25.